The van der Waals surface area contributed by atoms with Crippen molar-refractivity contribution in [3.05, 3.63) is 29.3 Å². The van der Waals surface area contributed by atoms with E-state index < -0.39 is 0 Å². The fourth-order valence-corrected chi connectivity index (χ4v) is 3.58. The van der Waals surface area contributed by atoms with Gasteiger partial charge in [0.2, 0.25) is 0 Å². The van der Waals surface area contributed by atoms with E-state index in [-0.39, 0.29) is 6.03 Å². The van der Waals surface area contributed by atoms with Crippen LogP contribution in [0.2, 0.25) is 0 Å². The van der Waals surface area contributed by atoms with Gasteiger partial charge in [-0.25, -0.2) is 4.79 Å². The molecule has 1 aromatic carbocycles. The van der Waals surface area contributed by atoms with Crippen LogP contribution < -0.4 is 5.32 Å². The molecular weight excluding hydrogens is 322 g/mol. The summed E-state index contributed by atoms with van der Waals surface area (Å²) >= 11 is 0. The van der Waals surface area contributed by atoms with Gasteiger partial charge in [0.25, 0.3) is 0 Å². The highest BCUT2D eigenvalue weighted by atomic mass is 16.2. The molecule has 1 N–H and O–H groups in total. The Morgan fingerprint density at radius 2 is 1.81 bits per heavy atom. The zero-order valence-electron chi connectivity index (χ0n) is 17.5. The molecule has 1 fully saturated rings. The van der Waals surface area contributed by atoms with Crippen molar-refractivity contribution in [2.24, 2.45) is 5.92 Å². The zero-order chi connectivity index (χ0) is 19.3. The normalized spacial score (nSPS) is 16.3. The number of benzene rings is 1. The Balaban J connectivity index is 2.05. The van der Waals surface area contributed by atoms with E-state index in [4.69, 9.17) is 0 Å². The predicted octanol–water partition coefficient (Wildman–Crippen LogP) is 5.06. The van der Waals surface area contributed by atoms with Crippen LogP contribution in [0.3, 0.4) is 0 Å². The van der Waals surface area contributed by atoms with E-state index in [1.807, 2.05) is 6.07 Å². The highest BCUT2D eigenvalue weighted by Gasteiger charge is 2.28. The van der Waals surface area contributed by atoms with E-state index in [9.17, 15) is 4.79 Å². The van der Waals surface area contributed by atoms with Crippen LogP contribution in [0.4, 0.5) is 10.5 Å². The zero-order valence-corrected chi connectivity index (χ0v) is 17.5. The number of amides is 2. The number of urea groups is 1. The Bertz CT molecular complexity index is 589. The van der Waals surface area contributed by atoms with Gasteiger partial charge >= 0.3 is 6.03 Å². The minimum Gasteiger partial charge on any atom is -0.321 e. The number of carbonyl (C=O) groups excluding carboxylic acids is 1. The number of hydrogen-bond acceptors (Lipinski definition) is 2. The molecule has 146 valence electrons. The Hall–Kier alpha value is -1.55. The maximum absolute atomic E-state index is 13.0. The highest BCUT2D eigenvalue weighted by molar-refractivity contribution is 5.89. The Morgan fingerprint density at radius 3 is 2.35 bits per heavy atom. The van der Waals surface area contributed by atoms with Crippen LogP contribution in [-0.2, 0) is 0 Å². The molecule has 0 aromatic heterocycles. The summed E-state index contributed by atoms with van der Waals surface area (Å²) in [5, 5.41) is 3.14. The van der Waals surface area contributed by atoms with Crippen molar-refractivity contribution < 1.29 is 4.79 Å². The monoisotopic (exact) mass is 359 g/mol. The summed E-state index contributed by atoms with van der Waals surface area (Å²) in [5.41, 5.74) is 3.36. The summed E-state index contributed by atoms with van der Waals surface area (Å²) in [5.74, 6) is 0.600. The second-order valence-corrected chi connectivity index (χ2v) is 8.47. The summed E-state index contributed by atoms with van der Waals surface area (Å²) in [6.45, 7) is 16.1. The number of nitrogens with zero attached hydrogens (tertiary/aromatic N) is 2. The number of rotatable bonds is 6. The average Bonchev–Trinajstić information content (AvgIpc) is 2.58. The molecule has 1 aliphatic rings. The number of nitrogens with one attached hydrogen (secondary N) is 1. The van der Waals surface area contributed by atoms with Crippen molar-refractivity contribution in [2.45, 2.75) is 72.9 Å². The molecule has 0 aliphatic carbocycles. The lowest BCUT2D eigenvalue weighted by molar-refractivity contribution is 0.108. The molecule has 0 spiro atoms. The van der Waals surface area contributed by atoms with Crippen LogP contribution in [0.5, 0.6) is 0 Å². The molecule has 4 heteroatoms. The van der Waals surface area contributed by atoms with Gasteiger partial charge in [0, 0.05) is 37.4 Å². The number of likely N-dealkylation sites (tertiary alicyclic amines) is 1. The van der Waals surface area contributed by atoms with Crippen molar-refractivity contribution in [1.29, 1.82) is 0 Å². The third kappa shape index (κ3) is 5.73. The van der Waals surface area contributed by atoms with Gasteiger partial charge in [-0.2, -0.15) is 0 Å². The lowest BCUT2D eigenvalue weighted by atomic mass is 10.0. The summed E-state index contributed by atoms with van der Waals surface area (Å²) in [4.78, 5) is 17.6. The number of aryl methyl sites for hydroxylation is 2. The van der Waals surface area contributed by atoms with Crippen LogP contribution in [-0.4, -0.2) is 47.5 Å². The molecule has 2 rings (SSSR count). The maximum Gasteiger partial charge on any atom is 0.322 e. The molecule has 2 amide bonds. The smallest absolute Gasteiger partial charge is 0.321 e. The average molecular weight is 360 g/mol. The van der Waals surface area contributed by atoms with Gasteiger partial charge in [0.15, 0.2) is 0 Å². The van der Waals surface area contributed by atoms with Crippen molar-refractivity contribution in [3.63, 3.8) is 0 Å². The predicted molar refractivity (Wildman–Crippen MR) is 111 cm³/mol. The van der Waals surface area contributed by atoms with Crippen molar-refractivity contribution in [2.75, 3.05) is 25.0 Å². The fraction of sp³-hybridized carbons (Fsp3) is 0.682. The topological polar surface area (TPSA) is 35.6 Å². The van der Waals surface area contributed by atoms with Gasteiger partial charge in [0.05, 0.1) is 0 Å². The molecule has 1 saturated heterocycles. The SMILES string of the molecule is Cc1ccc(NC(=O)N(CCC(C)C)C2CCN(C(C)C)CC2)cc1C. The Morgan fingerprint density at radius 1 is 1.15 bits per heavy atom. The van der Waals surface area contributed by atoms with E-state index in [2.05, 4.69) is 68.8 Å². The first-order valence-electron chi connectivity index (χ1n) is 10.2. The Kier molecular flexibility index (Phi) is 7.51. The largest absolute Gasteiger partial charge is 0.322 e. The number of carbonyl (C=O) groups is 1. The van der Waals surface area contributed by atoms with Gasteiger partial charge in [-0.3, -0.25) is 0 Å². The fourth-order valence-electron chi connectivity index (χ4n) is 3.58. The first kappa shape index (κ1) is 20.8. The molecule has 1 aromatic rings. The molecule has 4 nitrogen and oxygen atoms in total. The van der Waals surface area contributed by atoms with E-state index in [1.165, 1.54) is 11.1 Å². The molecule has 1 aliphatic heterocycles. The van der Waals surface area contributed by atoms with Crippen LogP contribution in [0.1, 0.15) is 58.1 Å². The number of anilines is 1. The quantitative estimate of drug-likeness (QED) is 0.771. The number of piperidine rings is 1. The summed E-state index contributed by atoms with van der Waals surface area (Å²) in [7, 11) is 0. The molecule has 1 heterocycles. The van der Waals surface area contributed by atoms with Crippen LogP contribution in [0.25, 0.3) is 0 Å². The van der Waals surface area contributed by atoms with Crippen LogP contribution in [0.15, 0.2) is 18.2 Å². The van der Waals surface area contributed by atoms with Crippen molar-refractivity contribution >= 4 is 11.7 Å². The van der Waals surface area contributed by atoms with E-state index in [0.717, 1.165) is 44.6 Å². The third-order valence-corrected chi connectivity index (χ3v) is 5.64. The van der Waals surface area contributed by atoms with E-state index in [1.54, 1.807) is 0 Å². The minimum absolute atomic E-state index is 0.0527. The second kappa shape index (κ2) is 9.40. The highest BCUT2D eigenvalue weighted by Crippen LogP contribution is 2.21. The summed E-state index contributed by atoms with van der Waals surface area (Å²) in [6, 6.07) is 7.12. The summed E-state index contributed by atoms with van der Waals surface area (Å²) in [6.07, 6.45) is 3.18. The van der Waals surface area contributed by atoms with Crippen molar-refractivity contribution in [3.8, 4) is 0 Å². The van der Waals surface area contributed by atoms with Gasteiger partial charge < -0.3 is 15.1 Å². The standard InChI is InChI=1S/C22H37N3O/c1-16(2)9-14-25(21-10-12-24(13-11-21)17(3)4)22(26)23-20-8-7-18(5)19(6)15-20/h7-8,15-17,21H,9-14H2,1-6H3,(H,23,26). The van der Waals surface area contributed by atoms with Gasteiger partial charge in [0.1, 0.15) is 0 Å². The van der Waals surface area contributed by atoms with Gasteiger partial charge in [-0.05, 0) is 76.1 Å². The molecule has 0 bridgehead atoms. The molecular formula is C22H37N3O. The Labute approximate surface area is 159 Å². The lowest BCUT2D eigenvalue weighted by Crippen LogP contribution is -2.50. The van der Waals surface area contributed by atoms with E-state index >= 15 is 0 Å². The maximum atomic E-state index is 13.0. The second-order valence-electron chi connectivity index (χ2n) is 8.47. The van der Waals surface area contributed by atoms with Crippen molar-refractivity contribution in [1.82, 2.24) is 9.80 Å². The molecule has 26 heavy (non-hydrogen) atoms. The lowest BCUT2D eigenvalue weighted by Gasteiger charge is -2.40. The first-order chi connectivity index (χ1) is 12.3. The minimum atomic E-state index is 0.0527. The molecule has 0 radical (unpaired) electrons. The first-order valence-corrected chi connectivity index (χ1v) is 10.2. The van der Waals surface area contributed by atoms with Gasteiger partial charge in [-0.1, -0.05) is 19.9 Å². The number of hydrogen-bond donors (Lipinski definition) is 1. The third-order valence-electron chi connectivity index (χ3n) is 5.64. The molecule has 0 saturated carbocycles. The summed E-state index contributed by atoms with van der Waals surface area (Å²) < 4.78 is 0. The van der Waals surface area contributed by atoms with E-state index in [0.29, 0.717) is 18.0 Å². The van der Waals surface area contributed by atoms with Crippen LogP contribution in [0, 0.1) is 19.8 Å². The van der Waals surface area contributed by atoms with Gasteiger partial charge in [-0.15, -0.1) is 0 Å². The van der Waals surface area contributed by atoms with Crippen LogP contribution >= 0.6 is 0 Å². The molecule has 0 atom stereocenters. The molecule has 0 unspecified atom stereocenters.